The van der Waals surface area contributed by atoms with Gasteiger partial charge in [-0.1, -0.05) is 56.2 Å². The van der Waals surface area contributed by atoms with Crippen molar-refractivity contribution in [2.75, 3.05) is 0 Å². The van der Waals surface area contributed by atoms with Crippen molar-refractivity contribution in [3.05, 3.63) is 59.7 Å². The molecule has 2 atom stereocenters. The fraction of sp³-hybridized carbons (Fsp3) is 0.524. The van der Waals surface area contributed by atoms with Crippen molar-refractivity contribution in [1.29, 1.82) is 0 Å². The molecule has 0 saturated heterocycles. The Morgan fingerprint density at radius 3 is 2.35 bits per heavy atom. The molecule has 0 heterocycles. The van der Waals surface area contributed by atoms with Crippen molar-refractivity contribution < 1.29 is 8.78 Å². The third kappa shape index (κ3) is 3.41. The molecule has 0 amide bonds. The minimum Gasteiger partial charge on any atom is -0.239 e. The van der Waals surface area contributed by atoms with Gasteiger partial charge in [0.25, 0.3) is 0 Å². The van der Waals surface area contributed by atoms with E-state index in [4.69, 9.17) is 0 Å². The van der Waals surface area contributed by atoms with Gasteiger partial charge in [-0.25, -0.2) is 8.78 Å². The number of hydrogen-bond donors (Lipinski definition) is 0. The second kappa shape index (κ2) is 6.98. The van der Waals surface area contributed by atoms with Crippen molar-refractivity contribution in [3.8, 4) is 0 Å². The highest BCUT2D eigenvalue weighted by Crippen LogP contribution is 2.40. The van der Waals surface area contributed by atoms with Crippen LogP contribution in [0.1, 0.15) is 62.5 Å². The largest absolute Gasteiger partial charge is 0.239 e. The summed E-state index contributed by atoms with van der Waals surface area (Å²) in [6.45, 7) is 2.25. The lowest BCUT2D eigenvalue weighted by molar-refractivity contribution is 0.124. The van der Waals surface area contributed by atoms with E-state index in [-0.39, 0.29) is 0 Å². The molecule has 124 valence electrons. The molecule has 2 unspecified atom stereocenters. The van der Waals surface area contributed by atoms with E-state index in [1.54, 1.807) is 24.3 Å². The third-order valence-electron chi connectivity index (χ3n) is 5.50. The predicted molar refractivity (Wildman–Crippen MR) is 92.0 cm³/mol. The summed E-state index contributed by atoms with van der Waals surface area (Å²) in [4.78, 5) is 0. The summed E-state index contributed by atoms with van der Waals surface area (Å²) in [6.07, 6.45) is 11.8. The van der Waals surface area contributed by atoms with E-state index >= 15 is 0 Å². The Balaban J connectivity index is 1.68. The van der Waals surface area contributed by atoms with Crippen molar-refractivity contribution in [2.45, 2.75) is 63.2 Å². The Hall–Kier alpha value is -1.44. The first-order valence-electron chi connectivity index (χ1n) is 8.93. The molecule has 1 aromatic carbocycles. The van der Waals surface area contributed by atoms with Gasteiger partial charge in [0, 0.05) is 0 Å². The Morgan fingerprint density at radius 1 is 1.04 bits per heavy atom. The van der Waals surface area contributed by atoms with Crippen LogP contribution < -0.4 is 0 Å². The molecule has 0 bridgehead atoms. The molecular weight excluding hydrogens is 290 g/mol. The molecule has 0 spiro atoms. The van der Waals surface area contributed by atoms with Crippen LogP contribution in [0.4, 0.5) is 8.78 Å². The Kier molecular flexibility index (Phi) is 4.99. The van der Waals surface area contributed by atoms with Gasteiger partial charge in [0.1, 0.15) is 0 Å². The minimum atomic E-state index is -2.02. The lowest BCUT2D eigenvalue weighted by Crippen LogP contribution is -2.30. The number of halogens is 2. The average molecular weight is 316 g/mol. The topological polar surface area (TPSA) is 0 Å². The summed E-state index contributed by atoms with van der Waals surface area (Å²) in [7, 11) is 0. The van der Waals surface area contributed by atoms with Crippen LogP contribution in [0.3, 0.4) is 0 Å². The minimum absolute atomic E-state index is 0.411. The predicted octanol–water partition coefficient (Wildman–Crippen LogP) is 6.39. The molecule has 0 N–H and O–H groups in total. The highest BCUT2D eigenvalue weighted by molar-refractivity contribution is 5.37. The monoisotopic (exact) mass is 316 g/mol. The first kappa shape index (κ1) is 16.4. The van der Waals surface area contributed by atoms with Crippen LogP contribution in [-0.2, 0) is 5.67 Å². The molecule has 23 heavy (non-hydrogen) atoms. The van der Waals surface area contributed by atoms with Gasteiger partial charge in [0.2, 0.25) is 0 Å². The Morgan fingerprint density at radius 2 is 1.74 bits per heavy atom. The van der Waals surface area contributed by atoms with Crippen LogP contribution in [0.15, 0.2) is 48.6 Å². The zero-order valence-corrected chi connectivity index (χ0v) is 13.8. The molecule has 0 nitrogen and oxygen atoms in total. The SMILES string of the molecule is CCCC1CCC(c2ccc(C3(F)C=CC=CC3F)cc2)CC1. The smallest absolute Gasteiger partial charge is 0.189 e. The molecule has 1 fully saturated rings. The highest BCUT2D eigenvalue weighted by Gasteiger charge is 2.38. The number of benzene rings is 1. The van der Waals surface area contributed by atoms with Crippen LogP contribution in [0.5, 0.6) is 0 Å². The molecular formula is C21H26F2. The number of alkyl halides is 2. The number of allylic oxidation sites excluding steroid dienone is 4. The van der Waals surface area contributed by atoms with E-state index in [0.29, 0.717) is 11.5 Å². The number of hydrogen-bond acceptors (Lipinski definition) is 0. The lowest BCUT2D eigenvalue weighted by Gasteiger charge is -2.30. The summed E-state index contributed by atoms with van der Waals surface area (Å²) < 4.78 is 28.9. The summed E-state index contributed by atoms with van der Waals surface area (Å²) in [5.41, 5.74) is -0.335. The van der Waals surface area contributed by atoms with Gasteiger partial charge in [-0.15, -0.1) is 0 Å². The molecule has 3 rings (SSSR count). The molecule has 0 aromatic heterocycles. The van der Waals surface area contributed by atoms with Gasteiger partial charge in [0.15, 0.2) is 11.8 Å². The molecule has 0 radical (unpaired) electrons. The summed E-state index contributed by atoms with van der Waals surface area (Å²) in [5, 5.41) is 0. The van der Waals surface area contributed by atoms with Crippen molar-refractivity contribution >= 4 is 0 Å². The summed E-state index contributed by atoms with van der Waals surface area (Å²) in [6, 6.07) is 7.54. The third-order valence-corrected chi connectivity index (χ3v) is 5.50. The van der Waals surface area contributed by atoms with E-state index in [2.05, 4.69) is 6.92 Å². The van der Waals surface area contributed by atoms with Crippen LogP contribution in [0.2, 0.25) is 0 Å². The van der Waals surface area contributed by atoms with Crippen LogP contribution in [0, 0.1) is 5.92 Å². The van der Waals surface area contributed by atoms with Crippen LogP contribution in [-0.4, -0.2) is 6.17 Å². The Labute approximate surface area is 138 Å². The molecule has 1 aromatic rings. The molecule has 2 aliphatic rings. The normalized spacial score (nSPS) is 33.8. The van der Waals surface area contributed by atoms with E-state index in [1.807, 2.05) is 12.1 Å². The summed E-state index contributed by atoms with van der Waals surface area (Å²) in [5.74, 6) is 1.46. The lowest BCUT2D eigenvalue weighted by atomic mass is 9.77. The molecule has 1 saturated carbocycles. The zero-order valence-electron chi connectivity index (χ0n) is 13.8. The van der Waals surface area contributed by atoms with Gasteiger partial charge in [-0.05, 0) is 60.8 Å². The molecule has 2 aliphatic carbocycles. The number of rotatable bonds is 4. The van der Waals surface area contributed by atoms with Crippen LogP contribution in [0.25, 0.3) is 0 Å². The van der Waals surface area contributed by atoms with Gasteiger partial charge in [0.05, 0.1) is 0 Å². The highest BCUT2D eigenvalue weighted by atomic mass is 19.2. The quantitative estimate of drug-likeness (QED) is 0.604. The molecule has 0 aliphatic heterocycles. The van der Waals surface area contributed by atoms with Crippen LogP contribution >= 0.6 is 0 Å². The van der Waals surface area contributed by atoms with E-state index in [1.165, 1.54) is 56.2 Å². The standard InChI is InChI=1S/C21H26F2/c1-2-5-16-7-9-17(10-8-16)18-11-13-19(14-12-18)21(23)15-4-3-6-20(21)22/h3-4,6,11-17,20H,2,5,7-10H2,1H3. The first-order valence-corrected chi connectivity index (χ1v) is 8.93. The maximum atomic E-state index is 14.9. The van der Waals surface area contributed by atoms with Gasteiger partial charge < -0.3 is 0 Å². The van der Waals surface area contributed by atoms with E-state index < -0.39 is 11.8 Å². The fourth-order valence-corrected chi connectivity index (χ4v) is 4.05. The van der Waals surface area contributed by atoms with Gasteiger partial charge in [-0.2, -0.15) is 0 Å². The second-order valence-corrected chi connectivity index (χ2v) is 7.04. The van der Waals surface area contributed by atoms with Gasteiger partial charge >= 0.3 is 0 Å². The molecule has 2 heteroatoms. The van der Waals surface area contributed by atoms with Crippen molar-refractivity contribution in [1.82, 2.24) is 0 Å². The average Bonchev–Trinajstić information content (AvgIpc) is 2.59. The van der Waals surface area contributed by atoms with E-state index in [9.17, 15) is 8.78 Å². The van der Waals surface area contributed by atoms with Crippen molar-refractivity contribution in [2.24, 2.45) is 5.92 Å². The van der Waals surface area contributed by atoms with E-state index in [0.717, 1.165) is 5.92 Å². The fourth-order valence-electron chi connectivity index (χ4n) is 4.05. The second-order valence-electron chi connectivity index (χ2n) is 7.04. The first-order chi connectivity index (χ1) is 11.1. The maximum Gasteiger partial charge on any atom is 0.189 e. The summed E-state index contributed by atoms with van der Waals surface area (Å²) >= 11 is 0. The van der Waals surface area contributed by atoms with Gasteiger partial charge in [-0.3, -0.25) is 0 Å². The maximum absolute atomic E-state index is 14.9. The zero-order chi connectivity index (χ0) is 16.3. The van der Waals surface area contributed by atoms with Crippen molar-refractivity contribution in [3.63, 3.8) is 0 Å². The Bertz CT molecular complexity index is 564.